The van der Waals surface area contributed by atoms with E-state index >= 15 is 0 Å². The summed E-state index contributed by atoms with van der Waals surface area (Å²) in [5, 5.41) is 13.6. The number of carbonyl (C=O) groups excluding carboxylic acids is 2. The van der Waals surface area contributed by atoms with Gasteiger partial charge in [-0.3, -0.25) is 19.7 Å². The van der Waals surface area contributed by atoms with Crippen LogP contribution < -0.4 is 5.32 Å². The average molecular weight is 312 g/mol. The molecule has 0 radical (unpaired) electrons. The molecule has 0 saturated heterocycles. The number of nitro benzene ring substituents is 1. The second-order valence-corrected chi connectivity index (χ2v) is 4.99. The highest BCUT2D eigenvalue weighted by Gasteiger charge is 2.15. The van der Waals surface area contributed by atoms with Crippen LogP contribution in [-0.4, -0.2) is 23.2 Å². The minimum atomic E-state index is -0.442. The lowest BCUT2D eigenvalue weighted by atomic mass is 10.0. The number of Topliss-reactive ketones (excluding diaryl/α,β-unsaturated/α-hetero) is 1. The number of benzene rings is 2. The molecule has 0 fully saturated rings. The van der Waals surface area contributed by atoms with Crippen molar-refractivity contribution in [1.82, 2.24) is 5.32 Å². The van der Waals surface area contributed by atoms with Crippen molar-refractivity contribution in [3.8, 4) is 0 Å². The third kappa shape index (κ3) is 4.00. The van der Waals surface area contributed by atoms with Crippen LogP contribution in [0, 0.1) is 10.1 Å². The molecule has 0 aliphatic carbocycles. The Morgan fingerprint density at radius 3 is 2.30 bits per heavy atom. The van der Waals surface area contributed by atoms with Crippen LogP contribution in [0.1, 0.15) is 33.2 Å². The van der Waals surface area contributed by atoms with E-state index in [1.165, 1.54) is 13.0 Å². The Morgan fingerprint density at radius 1 is 1.04 bits per heavy atom. The van der Waals surface area contributed by atoms with Crippen molar-refractivity contribution in [3.63, 3.8) is 0 Å². The van der Waals surface area contributed by atoms with Gasteiger partial charge >= 0.3 is 0 Å². The molecule has 0 bridgehead atoms. The summed E-state index contributed by atoms with van der Waals surface area (Å²) >= 11 is 0. The van der Waals surface area contributed by atoms with Crippen molar-refractivity contribution in [2.75, 3.05) is 6.54 Å². The van der Waals surface area contributed by atoms with Gasteiger partial charge in [0, 0.05) is 23.7 Å². The zero-order valence-corrected chi connectivity index (χ0v) is 12.6. The fourth-order valence-electron chi connectivity index (χ4n) is 2.29. The van der Waals surface area contributed by atoms with Gasteiger partial charge in [0.05, 0.1) is 10.5 Å². The van der Waals surface area contributed by atoms with Crippen molar-refractivity contribution in [2.24, 2.45) is 0 Å². The summed E-state index contributed by atoms with van der Waals surface area (Å²) in [5.74, 6) is -0.552. The maximum atomic E-state index is 12.2. The van der Waals surface area contributed by atoms with Crippen molar-refractivity contribution in [1.29, 1.82) is 0 Å². The minimum Gasteiger partial charge on any atom is -0.352 e. The second kappa shape index (κ2) is 7.31. The standard InChI is InChI=1S/C17H16N2O4/c1-12(20)14-7-3-4-8-15(14)17(21)18-11-10-13-6-2-5-9-16(13)19(22)23/h2-9H,10-11H2,1H3,(H,18,21). The molecule has 23 heavy (non-hydrogen) atoms. The number of nitrogens with zero attached hydrogens (tertiary/aromatic N) is 1. The van der Waals surface area contributed by atoms with Crippen LogP contribution in [0.3, 0.4) is 0 Å². The van der Waals surface area contributed by atoms with E-state index in [1.54, 1.807) is 42.5 Å². The average Bonchev–Trinajstić information content (AvgIpc) is 2.55. The molecule has 118 valence electrons. The van der Waals surface area contributed by atoms with Gasteiger partial charge in [0.15, 0.2) is 5.78 Å². The summed E-state index contributed by atoms with van der Waals surface area (Å²) in [6.45, 7) is 1.65. The van der Waals surface area contributed by atoms with Gasteiger partial charge in [0.25, 0.3) is 11.6 Å². The van der Waals surface area contributed by atoms with Gasteiger partial charge in [-0.25, -0.2) is 0 Å². The number of para-hydroxylation sites is 1. The van der Waals surface area contributed by atoms with Gasteiger partial charge in [0.2, 0.25) is 0 Å². The molecule has 2 rings (SSSR count). The number of hydrogen-bond donors (Lipinski definition) is 1. The summed E-state index contributed by atoms with van der Waals surface area (Å²) in [5.41, 5.74) is 1.25. The maximum Gasteiger partial charge on any atom is 0.272 e. The predicted molar refractivity (Wildman–Crippen MR) is 85.6 cm³/mol. The zero-order chi connectivity index (χ0) is 16.8. The molecule has 0 atom stereocenters. The van der Waals surface area contributed by atoms with E-state index < -0.39 is 4.92 Å². The lowest BCUT2D eigenvalue weighted by Crippen LogP contribution is -2.27. The number of ketones is 1. The minimum absolute atomic E-state index is 0.0332. The molecular weight excluding hydrogens is 296 g/mol. The predicted octanol–water partition coefficient (Wildman–Crippen LogP) is 2.77. The van der Waals surface area contributed by atoms with Crippen LogP contribution in [0.15, 0.2) is 48.5 Å². The molecule has 0 spiro atoms. The Hall–Kier alpha value is -3.02. The molecule has 1 N–H and O–H groups in total. The molecule has 0 unspecified atom stereocenters. The molecular formula is C17H16N2O4. The Balaban J connectivity index is 2.04. The van der Waals surface area contributed by atoms with Crippen LogP contribution >= 0.6 is 0 Å². The van der Waals surface area contributed by atoms with Gasteiger partial charge < -0.3 is 5.32 Å². The summed E-state index contributed by atoms with van der Waals surface area (Å²) < 4.78 is 0. The number of nitrogens with one attached hydrogen (secondary N) is 1. The molecule has 6 nitrogen and oxygen atoms in total. The van der Waals surface area contributed by atoms with E-state index in [9.17, 15) is 19.7 Å². The van der Waals surface area contributed by atoms with Crippen molar-refractivity contribution in [2.45, 2.75) is 13.3 Å². The van der Waals surface area contributed by atoms with Crippen molar-refractivity contribution < 1.29 is 14.5 Å². The second-order valence-electron chi connectivity index (χ2n) is 4.99. The number of amides is 1. The van der Waals surface area contributed by atoms with Crippen molar-refractivity contribution in [3.05, 3.63) is 75.3 Å². The number of hydrogen-bond acceptors (Lipinski definition) is 4. The summed E-state index contributed by atoms with van der Waals surface area (Å²) in [7, 11) is 0. The summed E-state index contributed by atoms with van der Waals surface area (Å²) in [4.78, 5) is 34.2. The third-order valence-corrected chi connectivity index (χ3v) is 3.42. The highest BCUT2D eigenvalue weighted by Crippen LogP contribution is 2.17. The smallest absolute Gasteiger partial charge is 0.272 e. The van der Waals surface area contributed by atoms with Gasteiger partial charge in [-0.15, -0.1) is 0 Å². The molecule has 0 heterocycles. The first kappa shape index (κ1) is 16.4. The highest BCUT2D eigenvalue weighted by molar-refractivity contribution is 6.07. The summed E-state index contributed by atoms with van der Waals surface area (Å²) in [6.07, 6.45) is 0.338. The lowest BCUT2D eigenvalue weighted by Gasteiger charge is -2.08. The first-order chi connectivity index (χ1) is 11.0. The molecule has 2 aromatic carbocycles. The normalized spacial score (nSPS) is 10.1. The molecule has 0 aromatic heterocycles. The van der Waals surface area contributed by atoms with Gasteiger partial charge in [-0.05, 0) is 19.4 Å². The first-order valence-electron chi connectivity index (χ1n) is 7.11. The Bertz CT molecular complexity index is 756. The summed E-state index contributed by atoms with van der Waals surface area (Å²) in [6, 6.07) is 13.0. The quantitative estimate of drug-likeness (QED) is 0.504. The zero-order valence-electron chi connectivity index (χ0n) is 12.6. The van der Waals surface area contributed by atoms with E-state index in [2.05, 4.69) is 5.32 Å². The Labute approximate surface area is 133 Å². The molecule has 0 saturated carbocycles. The Kier molecular flexibility index (Phi) is 5.19. The number of rotatable bonds is 6. The van der Waals surface area contributed by atoms with E-state index in [4.69, 9.17) is 0 Å². The molecule has 6 heteroatoms. The van der Waals surface area contributed by atoms with Gasteiger partial charge in [-0.1, -0.05) is 36.4 Å². The largest absolute Gasteiger partial charge is 0.352 e. The van der Waals surface area contributed by atoms with Crippen molar-refractivity contribution >= 4 is 17.4 Å². The highest BCUT2D eigenvalue weighted by atomic mass is 16.6. The van der Waals surface area contributed by atoms with Crippen LogP contribution in [-0.2, 0) is 6.42 Å². The fraction of sp³-hybridized carbons (Fsp3) is 0.176. The van der Waals surface area contributed by atoms with Crippen LogP contribution in [0.2, 0.25) is 0 Å². The van der Waals surface area contributed by atoms with Crippen LogP contribution in [0.25, 0.3) is 0 Å². The van der Waals surface area contributed by atoms with Crippen LogP contribution in [0.5, 0.6) is 0 Å². The van der Waals surface area contributed by atoms with E-state index in [0.29, 0.717) is 23.1 Å². The third-order valence-electron chi connectivity index (χ3n) is 3.42. The van der Waals surface area contributed by atoms with Gasteiger partial charge in [0.1, 0.15) is 0 Å². The van der Waals surface area contributed by atoms with Gasteiger partial charge in [-0.2, -0.15) is 0 Å². The number of carbonyl (C=O) groups is 2. The monoisotopic (exact) mass is 312 g/mol. The van der Waals surface area contributed by atoms with E-state index in [0.717, 1.165) is 0 Å². The maximum absolute atomic E-state index is 12.2. The number of nitro groups is 1. The molecule has 1 amide bonds. The Morgan fingerprint density at radius 2 is 1.65 bits per heavy atom. The first-order valence-corrected chi connectivity index (χ1v) is 7.11. The van der Waals surface area contributed by atoms with E-state index in [-0.39, 0.29) is 23.9 Å². The lowest BCUT2D eigenvalue weighted by molar-refractivity contribution is -0.385. The van der Waals surface area contributed by atoms with E-state index in [1.807, 2.05) is 0 Å². The SMILES string of the molecule is CC(=O)c1ccccc1C(=O)NCCc1ccccc1[N+](=O)[O-]. The molecule has 0 aliphatic rings. The topological polar surface area (TPSA) is 89.3 Å². The fourth-order valence-corrected chi connectivity index (χ4v) is 2.29. The molecule has 0 aliphatic heterocycles. The molecule has 2 aromatic rings. The van der Waals surface area contributed by atoms with Crippen LogP contribution in [0.4, 0.5) is 5.69 Å².